The molecular weight excluding hydrogens is 404 g/mol. The number of aromatic nitrogens is 3. The summed E-state index contributed by atoms with van der Waals surface area (Å²) in [7, 11) is -3.23. The van der Waals surface area contributed by atoms with Gasteiger partial charge in [-0.2, -0.15) is 5.10 Å². The predicted molar refractivity (Wildman–Crippen MR) is 112 cm³/mol. The van der Waals surface area contributed by atoms with Crippen LogP contribution in [0.4, 0.5) is 0 Å². The van der Waals surface area contributed by atoms with Crippen molar-refractivity contribution in [3.8, 4) is 5.69 Å². The smallest absolute Gasteiger partial charge is 0.125 e. The third-order valence-electron chi connectivity index (χ3n) is 5.85. The topological polar surface area (TPSA) is 91.9 Å². The first-order valence-electron chi connectivity index (χ1n) is 9.94. The maximum absolute atomic E-state index is 13.3. The second-order valence-corrected chi connectivity index (χ2v) is 11.7. The molecule has 0 spiro atoms. The molecule has 2 aliphatic rings. The van der Waals surface area contributed by atoms with Crippen molar-refractivity contribution in [3.63, 3.8) is 0 Å². The van der Waals surface area contributed by atoms with Crippen molar-refractivity contribution in [2.75, 3.05) is 0 Å². The highest BCUT2D eigenvalue weighted by atomic mass is 32.2. The number of rotatable bonds is 4. The number of fused-ring (bicyclic) bond motifs is 2. The Balaban J connectivity index is 1.58. The average molecular weight is 429 g/mol. The van der Waals surface area contributed by atoms with Crippen LogP contribution in [0.15, 0.2) is 33.8 Å². The van der Waals surface area contributed by atoms with Gasteiger partial charge < -0.3 is 5.11 Å². The van der Waals surface area contributed by atoms with Gasteiger partial charge in [0, 0.05) is 6.20 Å². The number of aliphatic hydroxyl groups is 1. The Hall–Kier alpha value is -2.03. The Morgan fingerprint density at radius 3 is 2.38 bits per heavy atom. The molecule has 6 nitrogen and oxygen atoms in total. The highest BCUT2D eigenvalue weighted by molar-refractivity contribution is 7.94. The quantitative estimate of drug-likeness (QED) is 0.657. The molecule has 3 aromatic rings. The van der Waals surface area contributed by atoms with E-state index in [2.05, 4.69) is 16.1 Å². The van der Waals surface area contributed by atoms with Gasteiger partial charge in [-0.05, 0) is 74.6 Å². The summed E-state index contributed by atoms with van der Waals surface area (Å²) >= 11 is 1.13. The molecule has 1 unspecified atom stereocenters. The molecular formula is C21H24N4O2S2. The van der Waals surface area contributed by atoms with Crippen LogP contribution < -0.4 is 0 Å². The Morgan fingerprint density at radius 2 is 1.79 bits per heavy atom. The van der Waals surface area contributed by atoms with Gasteiger partial charge in [0.25, 0.3) is 0 Å². The van der Waals surface area contributed by atoms with E-state index in [0.29, 0.717) is 14.1 Å². The first-order valence-corrected chi connectivity index (χ1v) is 12.3. The van der Waals surface area contributed by atoms with Gasteiger partial charge in [0.15, 0.2) is 0 Å². The maximum atomic E-state index is 13.3. The Morgan fingerprint density at radius 1 is 1.14 bits per heavy atom. The summed E-state index contributed by atoms with van der Waals surface area (Å²) < 4.78 is 24.1. The summed E-state index contributed by atoms with van der Waals surface area (Å²) in [6, 6.07) is 2.38. The summed E-state index contributed by atoms with van der Waals surface area (Å²) in [6.45, 7) is 3.27. The van der Waals surface area contributed by atoms with E-state index >= 15 is 0 Å². The number of aryl methyl sites for hydroxylation is 2. The Kier molecular flexibility index (Phi) is 4.24. The zero-order valence-corrected chi connectivity index (χ0v) is 18.2. The predicted octanol–water partition coefficient (Wildman–Crippen LogP) is 4.00. The number of benzene rings is 1. The van der Waals surface area contributed by atoms with Crippen molar-refractivity contribution in [3.05, 3.63) is 51.9 Å². The number of hydrogen-bond donors (Lipinski definition) is 2. The van der Waals surface area contributed by atoms with Gasteiger partial charge >= 0.3 is 0 Å². The number of nitrogens with zero attached hydrogens (tertiary/aromatic N) is 3. The number of hydrogen-bond acceptors (Lipinski definition) is 6. The molecule has 29 heavy (non-hydrogen) atoms. The van der Waals surface area contributed by atoms with E-state index in [0.717, 1.165) is 55.5 Å². The van der Waals surface area contributed by atoms with Crippen LogP contribution in [0.25, 0.3) is 5.69 Å². The van der Waals surface area contributed by atoms with Gasteiger partial charge in [0.2, 0.25) is 0 Å². The molecule has 0 aliphatic heterocycles. The van der Waals surface area contributed by atoms with E-state index in [1.807, 2.05) is 4.68 Å². The summed E-state index contributed by atoms with van der Waals surface area (Å²) in [6.07, 6.45) is 11.4. The lowest BCUT2D eigenvalue weighted by molar-refractivity contribution is 0.0783. The van der Waals surface area contributed by atoms with E-state index in [-0.39, 0.29) is 0 Å². The fourth-order valence-electron chi connectivity index (χ4n) is 4.43. The zero-order chi connectivity index (χ0) is 20.4. The molecule has 0 saturated carbocycles. The van der Waals surface area contributed by atoms with Crippen molar-refractivity contribution in [2.45, 2.75) is 67.1 Å². The van der Waals surface area contributed by atoms with Crippen molar-refractivity contribution >= 4 is 21.1 Å². The standard InChI is InChI=1S/C21H24N4O2S2/c1-21(2,26)20-23-11-18(28-20)29(22,27)15-10-24-25(12-15)19-16-7-3-5-13(16)9-14-6-4-8-17(14)19/h9-12,22,26H,3-8H2,1-2H3. The minimum Gasteiger partial charge on any atom is -0.383 e. The lowest BCUT2D eigenvalue weighted by atomic mass is 9.99. The molecule has 2 heterocycles. The van der Waals surface area contributed by atoms with Crippen LogP contribution in [0, 0.1) is 4.78 Å². The van der Waals surface area contributed by atoms with Gasteiger partial charge in [-0.3, -0.25) is 0 Å². The molecule has 1 atom stereocenters. The molecule has 2 aliphatic carbocycles. The van der Waals surface area contributed by atoms with Crippen LogP contribution in [0.2, 0.25) is 0 Å². The van der Waals surface area contributed by atoms with Crippen molar-refractivity contribution in [1.82, 2.24) is 14.8 Å². The molecule has 0 radical (unpaired) electrons. The van der Waals surface area contributed by atoms with Crippen LogP contribution in [-0.4, -0.2) is 24.1 Å². The first-order chi connectivity index (χ1) is 13.7. The van der Waals surface area contributed by atoms with Gasteiger partial charge in [-0.25, -0.2) is 18.7 Å². The third-order valence-corrected chi connectivity index (χ3v) is 9.46. The summed E-state index contributed by atoms with van der Waals surface area (Å²) in [5, 5.41) is 15.1. The Bertz CT molecular complexity index is 1180. The second-order valence-electron chi connectivity index (χ2n) is 8.43. The van der Waals surface area contributed by atoms with Crippen LogP contribution in [-0.2, 0) is 41.0 Å². The zero-order valence-electron chi connectivity index (χ0n) is 16.6. The third kappa shape index (κ3) is 3.05. The normalized spacial score (nSPS) is 17.9. The van der Waals surface area contributed by atoms with E-state index in [4.69, 9.17) is 4.78 Å². The van der Waals surface area contributed by atoms with Crippen LogP contribution in [0.1, 0.15) is 54.0 Å². The molecule has 2 N–H and O–H groups in total. The first kappa shape index (κ1) is 19.0. The van der Waals surface area contributed by atoms with Crippen LogP contribution >= 0.6 is 11.3 Å². The molecule has 152 valence electrons. The fraction of sp³-hybridized carbons (Fsp3) is 0.429. The molecule has 5 rings (SSSR count). The number of nitrogens with one attached hydrogen (secondary N) is 1. The van der Waals surface area contributed by atoms with Crippen molar-refractivity contribution in [2.24, 2.45) is 0 Å². The van der Waals surface area contributed by atoms with Crippen LogP contribution in [0.3, 0.4) is 0 Å². The highest BCUT2D eigenvalue weighted by Gasteiger charge is 2.28. The molecule has 2 aromatic heterocycles. The maximum Gasteiger partial charge on any atom is 0.125 e. The van der Waals surface area contributed by atoms with Gasteiger partial charge in [-0.1, -0.05) is 6.07 Å². The lowest BCUT2D eigenvalue weighted by Crippen LogP contribution is -2.14. The van der Waals surface area contributed by atoms with E-state index in [9.17, 15) is 9.32 Å². The molecule has 1 aromatic carbocycles. The van der Waals surface area contributed by atoms with Crippen molar-refractivity contribution in [1.29, 1.82) is 4.78 Å². The number of thiazole rings is 1. The van der Waals surface area contributed by atoms with Gasteiger partial charge in [0.1, 0.15) is 24.5 Å². The minimum absolute atomic E-state index is 0.345. The van der Waals surface area contributed by atoms with Crippen molar-refractivity contribution < 1.29 is 9.32 Å². The van der Waals surface area contributed by atoms with E-state index in [1.165, 1.54) is 28.5 Å². The van der Waals surface area contributed by atoms with Gasteiger partial charge in [-0.15, -0.1) is 11.3 Å². The molecule has 0 fully saturated rings. The SMILES string of the molecule is CC(C)(O)c1ncc(S(=N)(=O)c2cnn(-c3c4c(cc5c3CCC5)CCC4)c2)s1. The summed E-state index contributed by atoms with van der Waals surface area (Å²) in [5.74, 6) is 0. The second kappa shape index (κ2) is 6.48. The summed E-state index contributed by atoms with van der Waals surface area (Å²) in [5.41, 5.74) is 5.59. The molecule has 0 amide bonds. The van der Waals surface area contributed by atoms with E-state index in [1.54, 1.807) is 26.2 Å². The van der Waals surface area contributed by atoms with Crippen LogP contribution in [0.5, 0.6) is 0 Å². The van der Waals surface area contributed by atoms with Gasteiger partial charge in [0.05, 0.1) is 23.0 Å². The minimum atomic E-state index is -3.23. The Labute approximate surface area is 174 Å². The molecule has 8 heteroatoms. The molecule has 0 saturated heterocycles. The highest BCUT2D eigenvalue weighted by Crippen LogP contribution is 2.38. The lowest BCUT2D eigenvalue weighted by Gasteiger charge is -2.15. The largest absolute Gasteiger partial charge is 0.383 e. The average Bonchev–Trinajstić information content (AvgIpc) is 3.45. The monoisotopic (exact) mass is 428 g/mol. The van der Waals surface area contributed by atoms with E-state index < -0.39 is 15.3 Å². The fourth-order valence-corrected chi connectivity index (χ4v) is 6.95. The summed E-state index contributed by atoms with van der Waals surface area (Å²) in [4.78, 5) is 4.56. The molecule has 0 bridgehead atoms.